The molecule has 0 heterocycles. The predicted molar refractivity (Wildman–Crippen MR) is 58.9 cm³/mol. The minimum absolute atomic E-state index is 0.0266. The number of aryl methyl sites for hydroxylation is 1. The van der Waals surface area contributed by atoms with Crippen LogP contribution in [0.15, 0.2) is 18.2 Å². The van der Waals surface area contributed by atoms with Crippen molar-refractivity contribution < 1.29 is 13.9 Å². The third-order valence-electron chi connectivity index (χ3n) is 2.94. The lowest BCUT2D eigenvalue weighted by Crippen LogP contribution is -2.10. The zero-order chi connectivity index (χ0) is 11.7. The first kappa shape index (κ1) is 11.3. The first-order valence-corrected chi connectivity index (χ1v) is 5.43. The van der Waals surface area contributed by atoms with Crippen LogP contribution in [-0.4, -0.2) is 11.2 Å². The molecule has 0 saturated heterocycles. The van der Waals surface area contributed by atoms with Crippen LogP contribution < -0.4 is 0 Å². The maximum Gasteiger partial charge on any atom is 0.136 e. The molecule has 0 saturated carbocycles. The molecule has 0 bridgehead atoms. The molecule has 0 fully saturated rings. The van der Waals surface area contributed by atoms with E-state index in [0.717, 1.165) is 6.42 Å². The summed E-state index contributed by atoms with van der Waals surface area (Å²) in [6.07, 6.45) is 3.03. The second-order valence-electron chi connectivity index (χ2n) is 4.20. The van der Waals surface area contributed by atoms with Gasteiger partial charge in [0.25, 0.3) is 0 Å². The number of rotatable bonds is 1. The van der Waals surface area contributed by atoms with Crippen molar-refractivity contribution in [2.24, 2.45) is 0 Å². The third-order valence-corrected chi connectivity index (χ3v) is 2.94. The van der Waals surface area contributed by atoms with Gasteiger partial charge in [-0.3, -0.25) is 0 Å². The Morgan fingerprint density at radius 2 is 2.06 bits per heavy atom. The summed E-state index contributed by atoms with van der Waals surface area (Å²) in [5.41, 5.74) is 1.04. The van der Waals surface area contributed by atoms with Crippen molar-refractivity contribution in [3.05, 3.63) is 41.0 Å². The summed E-state index contributed by atoms with van der Waals surface area (Å²) in [6.45, 7) is 1.61. The molecule has 0 spiro atoms. The molecule has 0 radical (unpaired) electrons. The Morgan fingerprint density at radius 1 is 1.31 bits per heavy atom. The highest BCUT2D eigenvalue weighted by molar-refractivity contribution is 5.68. The fourth-order valence-corrected chi connectivity index (χ4v) is 2.06. The Balaban J connectivity index is 2.51. The zero-order valence-corrected chi connectivity index (χ0v) is 9.13. The highest BCUT2D eigenvalue weighted by Gasteiger charge is 2.19. The molecule has 1 aliphatic carbocycles. The van der Waals surface area contributed by atoms with Crippen molar-refractivity contribution >= 4 is 5.57 Å². The number of benzene rings is 1. The summed E-state index contributed by atoms with van der Waals surface area (Å²) in [6, 6.07) is 2.70. The van der Waals surface area contributed by atoms with Crippen LogP contribution in [0.25, 0.3) is 5.57 Å². The molecule has 1 nitrogen and oxygen atoms in total. The van der Waals surface area contributed by atoms with Crippen LogP contribution in [0.4, 0.5) is 8.78 Å². The molecule has 3 heteroatoms. The molecule has 1 unspecified atom stereocenters. The molecular weight excluding hydrogens is 210 g/mol. The van der Waals surface area contributed by atoms with Gasteiger partial charge in [-0.05, 0) is 43.4 Å². The second kappa shape index (κ2) is 4.34. The van der Waals surface area contributed by atoms with E-state index in [1.54, 1.807) is 13.0 Å². The van der Waals surface area contributed by atoms with Crippen LogP contribution in [0.1, 0.15) is 30.4 Å². The van der Waals surface area contributed by atoms with Crippen molar-refractivity contribution in [1.29, 1.82) is 0 Å². The van der Waals surface area contributed by atoms with E-state index >= 15 is 0 Å². The minimum atomic E-state index is -0.580. The molecular formula is C13H14F2O. The molecule has 86 valence electrons. The quantitative estimate of drug-likeness (QED) is 0.776. The Labute approximate surface area is 93.4 Å². The van der Waals surface area contributed by atoms with Crippen molar-refractivity contribution in [3.63, 3.8) is 0 Å². The van der Waals surface area contributed by atoms with E-state index in [1.165, 1.54) is 12.1 Å². The fraction of sp³-hybridized carbons (Fsp3) is 0.385. The molecule has 1 aliphatic rings. The van der Waals surface area contributed by atoms with Crippen LogP contribution in [0.5, 0.6) is 0 Å². The van der Waals surface area contributed by atoms with Gasteiger partial charge in [-0.1, -0.05) is 12.1 Å². The van der Waals surface area contributed by atoms with E-state index < -0.39 is 17.7 Å². The summed E-state index contributed by atoms with van der Waals surface area (Å²) in [7, 11) is 0. The van der Waals surface area contributed by atoms with Gasteiger partial charge < -0.3 is 5.11 Å². The minimum Gasteiger partial charge on any atom is -0.389 e. The zero-order valence-electron chi connectivity index (χ0n) is 9.13. The first-order chi connectivity index (χ1) is 7.59. The van der Waals surface area contributed by atoms with Crippen LogP contribution in [0.2, 0.25) is 0 Å². The van der Waals surface area contributed by atoms with Crippen molar-refractivity contribution in [2.45, 2.75) is 32.3 Å². The Hall–Kier alpha value is -1.22. The van der Waals surface area contributed by atoms with E-state index in [1.807, 2.05) is 0 Å². The monoisotopic (exact) mass is 224 g/mol. The van der Waals surface area contributed by atoms with Crippen molar-refractivity contribution in [2.75, 3.05) is 0 Å². The molecule has 0 aliphatic heterocycles. The Bertz CT molecular complexity index is 438. The summed E-state index contributed by atoms with van der Waals surface area (Å²) >= 11 is 0. The second-order valence-corrected chi connectivity index (χ2v) is 4.20. The predicted octanol–water partition coefficient (Wildman–Crippen LogP) is 3.20. The lowest BCUT2D eigenvalue weighted by molar-refractivity contribution is 0.206. The number of aliphatic hydroxyl groups is 1. The molecule has 1 atom stereocenters. The summed E-state index contributed by atoms with van der Waals surface area (Å²) in [4.78, 5) is 0. The highest BCUT2D eigenvalue weighted by Crippen LogP contribution is 2.31. The molecule has 0 amide bonds. The SMILES string of the molecule is Cc1ccc(F)c(C2=CC(O)CCC2)c1F. The smallest absolute Gasteiger partial charge is 0.136 e. The van der Waals surface area contributed by atoms with Gasteiger partial charge in [0.2, 0.25) is 0 Å². The van der Waals surface area contributed by atoms with Gasteiger partial charge >= 0.3 is 0 Å². The topological polar surface area (TPSA) is 20.2 Å². The molecule has 1 N–H and O–H groups in total. The van der Waals surface area contributed by atoms with Gasteiger partial charge in [0.15, 0.2) is 0 Å². The maximum absolute atomic E-state index is 13.8. The third kappa shape index (κ3) is 2.00. The Kier molecular flexibility index (Phi) is 3.06. The van der Waals surface area contributed by atoms with E-state index in [0.29, 0.717) is 24.0 Å². The van der Waals surface area contributed by atoms with Gasteiger partial charge in [-0.2, -0.15) is 0 Å². The molecule has 0 aromatic heterocycles. The Morgan fingerprint density at radius 3 is 2.75 bits per heavy atom. The van der Waals surface area contributed by atoms with Crippen LogP contribution in [0.3, 0.4) is 0 Å². The fourth-order valence-electron chi connectivity index (χ4n) is 2.06. The van der Waals surface area contributed by atoms with Crippen LogP contribution in [-0.2, 0) is 0 Å². The first-order valence-electron chi connectivity index (χ1n) is 5.43. The molecule has 2 rings (SSSR count). The van der Waals surface area contributed by atoms with E-state index in [2.05, 4.69) is 0 Å². The van der Waals surface area contributed by atoms with Crippen LogP contribution >= 0.6 is 0 Å². The van der Waals surface area contributed by atoms with Gasteiger partial charge in [-0.25, -0.2) is 8.78 Å². The lowest BCUT2D eigenvalue weighted by atomic mass is 9.91. The molecule has 16 heavy (non-hydrogen) atoms. The standard InChI is InChI=1S/C13H14F2O/c1-8-5-6-11(14)12(13(8)15)9-3-2-4-10(16)7-9/h5-7,10,16H,2-4H2,1H3. The summed E-state index contributed by atoms with van der Waals surface area (Å²) < 4.78 is 27.4. The van der Waals surface area contributed by atoms with E-state index in [-0.39, 0.29) is 5.56 Å². The number of hydrogen-bond donors (Lipinski definition) is 1. The average Bonchev–Trinajstić information content (AvgIpc) is 2.24. The number of hydrogen-bond acceptors (Lipinski definition) is 1. The maximum atomic E-state index is 13.8. The van der Waals surface area contributed by atoms with Gasteiger partial charge in [-0.15, -0.1) is 0 Å². The van der Waals surface area contributed by atoms with Crippen molar-refractivity contribution in [1.82, 2.24) is 0 Å². The number of allylic oxidation sites excluding steroid dienone is 1. The number of aliphatic hydroxyl groups excluding tert-OH is 1. The van der Waals surface area contributed by atoms with Crippen molar-refractivity contribution in [3.8, 4) is 0 Å². The lowest BCUT2D eigenvalue weighted by Gasteiger charge is -2.18. The van der Waals surface area contributed by atoms with E-state index in [9.17, 15) is 13.9 Å². The number of halogens is 2. The average molecular weight is 224 g/mol. The molecule has 1 aromatic rings. The molecule has 1 aromatic carbocycles. The van der Waals surface area contributed by atoms with Gasteiger partial charge in [0.05, 0.1) is 6.10 Å². The largest absolute Gasteiger partial charge is 0.389 e. The summed E-state index contributed by atoms with van der Waals surface area (Å²) in [5.74, 6) is -1.07. The highest BCUT2D eigenvalue weighted by atomic mass is 19.1. The van der Waals surface area contributed by atoms with Crippen LogP contribution in [0, 0.1) is 18.6 Å². The normalized spacial score (nSPS) is 20.8. The summed E-state index contributed by atoms with van der Waals surface area (Å²) in [5, 5.41) is 9.47. The van der Waals surface area contributed by atoms with Gasteiger partial charge in [0.1, 0.15) is 11.6 Å². The van der Waals surface area contributed by atoms with E-state index in [4.69, 9.17) is 0 Å². The van der Waals surface area contributed by atoms with Gasteiger partial charge in [0, 0.05) is 5.56 Å².